The topological polar surface area (TPSA) is 24.5 Å². The zero-order valence-corrected chi connectivity index (χ0v) is 11.3. The molecule has 1 heterocycles. The fraction of sp³-hybridized carbons (Fsp3) is 1.00. The van der Waals surface area contributed by atoms with Crippen LogP contribution in [-0.2, 0) is 4.74 Å². The van der Waals surface area contributed by atoms with E-state index in [1.807, 2.05) is 0 Å². The van der Waals surface area contributed by atoms with Crippen LogP contribution in [-0.4, -0.2) is 50.3 Å². The molecule has 1 fully saturated rings. The Hall–Kier alpha value is -0.120. The van der Waals surface area contributed by atoms with Crippen LogP contribution in [0.4, 0.5) is 0 Å². The maximum absolute atomic E-state index is 5.36. The summed E-state index contributed by atoms with van der Waals surface area (Å²) in [5.41, 5.74) is 0. The Kier molecular flexibility index (Phi) is 6.32. The lowest BCUT2D eigenvalue weighted by molar-refractivity contribution is 0.0307. The van der Waals surface area contributed by atoms with Crippen LogP contribution in [0.5, 0.6) is 0 Å². The summed E-state index contributed by atoms with van der Waals surface area (Å²) in [6, 6.07) is 1.23. The standard InChI is InChI=1S/C13H28N2O/c1-5-14-8-13(10-16-4)15-9-11(2)6-7-12(15)3/h11-14H,5-10H2,1-4H3. The number of piperidine rings is 1. The number of ether oxygens (including phenoxy) is 1. The summed E-state index contributed by atoms with van der Waals surface area (Å²) in [7, 11) is 1.80. The molecule has 0 aliphatic carbocycles. The predicted molar refractivity (Wildman–Crippen MR) is 68.8 cm³/mol. The Labute approximate surface area is 101 Å². The average Bonchev–Trinajstić information content (AvgIpc) is 2.28. The van der Waals surface area contributed by atoms with Crippen molar-refractivity contribution >= 4 is 0 Å². The van der Waals surface area contributed by atoms with Gasteiger partial charge in [0.15, 0.2) is 0 Å². The number of likely N-dealkylation sites (N-methyl/N-ethyl adjacent to an activating group) is 1. The molecule has 16 heavy (non-hydrogen) atoms. The molecular weight excluding hydrogens is 200 g/mol. The summed E-state index contributed by atoms with van der Waals surface area (Å²) < 4.78 is 5.36. The smallest absolute Gasteiger partial charge is 0.0630 e. The largest absolute Gasteiger partial charge is 0.383 e. The van der Waals surface area contributed by atoms with Gasteiger partial charge < -0.3 is 10.1 Å². The van der Waals surface area contributed by atoms with Crippen molar-refractivity contribution in [2.75, 3.05) is 33.4 Å². The maximum atomic E-state index is 5.36. The quantitative estimate of drug-likeness (QED) is 0.749. The van der Waals surface area contributed by atoms with Crippen LogP contribution in [0.2, 0.25) is 0 Å². The van der Waals surface area contributed by atoms with Gasteiger partial charge >= 0.3 is 0 Å². The number of nitrogens with zero attached hydrogens (tertiary/aromatic N) is 1. The molecule has 1 saturated heterocycles. The van der Waals surface area contributed by atoms with E-state index in [4.69, 9.17) is 4.74 Å². The van der Waals surface area contributed by atoms with E-state index >= 15 is 0 Å². The molecule has 0 spiro atoms. The lowest BCUT2D eigenvalue weighted by atomic mass is 9.93. The van der Waals surface area contributed by atoms with Crippen LogP contribution in [0.15, 0.2) is 0 Å². The molecule has 1 N–H and O–H groups in total. The molecule has 1 rings (SSSR count). The van der Waals surface area contributed by atoms with E-state index in [0.717, 1.165) is 25.6 Å². The second-order valence-electron chi connectivity index (χ2n) is 5.15. The molecule has 3 atom stereocenters. The van der Waals surface area contributed by atoms with Gasteiger partial charge in [-0.3, -0.25) is 4.90 Å². The van der Waals surface area contributed by atoms with Gasteiger partial charge in [-0.05, 0) is 32.2 Å². The molecule has 0 radical (unpaired) electrons. The van der Waals surface area contributed by atoms with E-state index in [1.54, 1.807) is 7.11 Å². The van der Waals surface area contributed by atoms with E-state index in [-0.39, 0.29) is 0 Å². The summed E-state index contributed by atoms with van der Waals surface area (Å²) in [6.45, 7) is 11.0. The first-order chi connectivity index (χ1) is 7.69. The maximum Gasteiger partial charge on any atom is 0.0630 e. The molecular formula is C13H28N2O. The van der Waals surface area contributed by atoms with Gasteiger partial charge in [0.2, 0.25) is 0 Å². The number of hydrogen-bond acceptors (Lipinski definition) is 3. The second-order valence-corrected chi connectivity index (χ2v) is 5.15. The van der Waals surface area contributed by atoms with E-state index in [2.05, 4.69) is 31.0 Å². The first-order valence-electron chi connectivity index (χ1n) is 6.64. The minimum Gasteiger partial charge on any atom is -0.383 e. The van der Waals surface area contributed by atoms with Crippen LogP contribution in [0.25, 0.3) is 0 Å². The van der Waals surface area contributed by atoms with E-state index in [1.165, 1.54) is 19.4 Å². The van der Waals surface area contributed by atoms with Crippen molar-refractivity contribution < 1.29 is 4.74 Å². The minimum absolute atomic E-state index is 0.530. The fourth-order valence-electron chi connectivity index (χ4n) is 2.61. The molecule has 96 valence electrons. The van der Waals surface area contributed by atoms with Crippen molar-refractivity contribution in [2.45, 2.75) is 45.7 Å². The highest BCUT2D eigenvalue weighted by Gasteiger charge is 2.28. The molecule has 0 saturated carbocycles. The molecule has 3 unspecified atom stereocenters. The van der Waals surface area contributed by atoms with Gasteiger partial charge in [0, 0.05) is 32.3 Å². The van der Waals surface area contributed by atoms with Crippen LogP contribution in [0.1, 0.15) is 33.6 Å². The van der Waals surface area contributed by atoms with Gasteiger partial charge in [-0.1, -0.05) is 13.8 Å². The van der Waals surface area contributed by atoms with Gasteiger partial charge in [-0.25, -0.2) is 0 Å². The first kappa shape index (κ1) is 13.9. The fourth-order valence-corrected chi connectivity index (χ4v) is 2.61. The summed E-state index contributed by atoms with van der Waals surface area (Å²) in [5.74, 6) is 0.831. The monoisotopic (exact) mass is 228 g/mol. The molecule has 1 aliphatic rings. The normalized spacial score (nSPS) is 29.2. The Morgan fingerprint density at radius 3 is 2.75 bits per heavy atom. The van der Waals surface area contributed by atoms with Gasteiger partial charge in [-0.15, -0.1) is 0 Å². The molecule has 1 aliphatic heterocycles. The van der Waals surface area contributed by atoms with Gasteiger partial charge in [0.1, 0.15) is 0 Å². The Balaban J connectivity index is 2.52. The minimum atomic E-state index is 0.530. The summed E-state index contributed by atoms with van der Waals surface area (Å²) in [6.07, 6.45) is 2.70. The molecule has 3 nitrogen and oxygen atoms in total. The number of hydrogen-bond donors (Lipinski definition) is 1. The van der Waals surface area contributed by atoms with E-state index in [0.29, 0.717) is 12.1 Å². The third kappa shape index (κ3) is 4.04. The van der Waals surface area contributed by atoms with Crippen LogP contribution in [0, 0.1) is 5.92 Å². The summed E-state index contributed by atoms with van der Waals surface area (Å²) in [4.78, 5) is 2.63. The van der Waals surface area contributed by atoms with Crippen LogP contribution < -0.4 is 5.32 Å². The highest BCUT2D eigenvalue weighted by molar-refractivity contribution is 4.84. The van der Waals surface area contributed by atoms with Crippen molar-refractivity contribution in [2.24, 2.45) is 5.92 Å². The van der Waals surface area contributed by atoms with E-state index in [9.17, 15) is 0 Å². The van der Waals surface area contributed by atoms with Gasteiger partial charge in [0.25, 0.3) is 0 Å². The number of nitrogens with one attached hydrogen (secondary N) is 1. The SMILES string of the molecule is CCNCC(COC)N1CC(C)CCC1C. The van der Waals surface area contributed by atoms with Crippen molar-refractivity contribution in [3.63, 3.8) is 0 Å². The van der Waals surface area contributed by atoms with Crippen LogP contribution >= 0.6 is 0 Å². The van der Waals surface area contributed by atoms with Gasteiger partial charge in [-0.2, -0.15) is 0 Å². The molecule has 0 aromatic heterocycles. The molecule has 0 aromatic rings. The van der Waals surface area contributed by atoms with Crippen LogP contribution in [0.3, 0.4) is 0 Å². The number of rotatable bonds is 6. The van der Waals surface area contributed by atoms with E-state index < -0.39 is 0 Å². The number of methoxy groups -OCH3 is 1. The predicted octanol–water partition coefficient (Wildman–Crippen LogP) is 1.73. The molecule has 3 heteroatoms. The highest BCUT2D eigenvalue weighted by Crippen LogP contribution is 2.23. The zero-order chi connectivity index (χ0) is 12.0. The van der Waals surface area contributed by atoms with Crippen molar-refractivity contribution in [1.29, 1.82) is 0 Å². The molecule has 0 amide bonds. The molecule has 0 aromatic carbocycles. The zero-order valence-electron chi connectivity index (χ0n) is 11.3. The lowest BCUT2D eigenvalue weighted by Crippen LogP contribution is -2.52. The Morgan fingerprint density at radius 1 is 1.38 bits per heavy atom. The molecule has 0 bridgehead atoms. The second kappa shape index (κ2) is 7.25. The summed E-state index contributed by atoms with van der Waals surface area (Å²) in [5, 5.41) is 3.44. The highest BCUT2D eigenvalue weighted by atomic mass is 16.5. The Morgan fingerprint density at radius 2 is 2.12 bits per heavy atom. The van der Waals surface area contributed by atoms with Crippen molar-refractivity contribution in [3.8, 4) is 0 Å². The average molecular weight is 228 g/mol. The third-order valence-corrected chi connectivity index (χ3v) is 3.62. The van der Waals surface area contributed by atoms with Crippen molar-refractivity contribution in [3.05, 3.63) is 0 Å². The van der Waals surface area contributed by atoms with Gasteiger partial charge in [0.05, 0.1) is 6.61 Å². The third-order valence-electron chi connectivity index (χ3n) is 3.62. The summed E-state index contributed by atoms with van der Waals surface area (Å²) >= 11 is 0. The Bertz CT molecular complexity index is 187. The first-order valence-corrected chi connectivity index (χ1v) is 6.64. The lowest BCUT2D eigenvalue weighted by Gasteiger charge is -2.42. The number of likely N-dealkylation sites (tertiary alicyclic amines) is 1. The van der Waals surface area contributed by atoms with Crippen molar-refractivity contribution in [1.82, 2.24) is 10.2 Å².